The summed E-state index contributed by atoms with van der Waals surface area (Å²) in [6.45, 7) is 2.28. The van der Waals surface area contributed by atoms with Gasteiger partial charge in [-0.3, -0.25) is 0 Å². The Bertz CT molecular complexity index is 522. The SMILES string of the molecule is CC(NCc1ccc(O)c(O)c1O)c1ccco1. The first-order valence-corrected chi connectivity index (χ1v) is 5.59. The number of rotatable bonds is 4. The number of phenols is 3. The van der Waals surface area contributed by atoms with Gasteiger partial charge in [-0.1, -0.05) is 6.07 Å². The molecule has 1 atom stereocenters. The second-order valence-corrected chi connectivity index (χ2v) is 4.06. The van der Waals surface area contributed by atoms with Crippen molar-refractivity contribution in [1.82, 2.24) is 5.32 Å². The number of nitrogens with one attached hydrogen (secondary N) is 1. The van der Waals surface area contributed by atoms with Crippen LogP contribution in [0.25, 0.3) is 0 Å². The lowest BCUT2D eigenvalue weighted by atomic mass is 10.1. The molecular weight excluding hydrogens is 234 g/mol. The van der Waals surface area contributed by atoms with Crippen LogP contribution in [0.3, 0.4) is 0 Å². The predicted molar refractivity (Wildman–Crippen MR) is 65.4 cm³/mol. The van der Waals surface area contributed by atoms with Gasteiger partial charge in [-0.05, 0) is 25.1 Å². The molecule has 0 radical (unpaired) electrons. The van der Waals surface area contributed by atoms with Gasteiger partial charge in [0, 0.05) is 12.1 Å². The van der Waals surface area contributed by atoms with Crippen molar-refractivity contribution in [3.8, 4) is 17.2 Å². The minimum Gasteiger partial charge on any atom is -0.504 e. The Balaban J connectivity index is 2.05. The Labute approximate surface area is 104 Å². The molecule has 1 unspecified atom stereocenters. The van der Waals surface area contributed by atoms with Gasteiger partial charge in [0.05, 0.1) is 12.3 Å². The highest BCUT2D eigenvalue weighted by Crippen LogP contribution is 2.37. The molecule has 96 valence electrons. The fourth-order valence-corrected chi connectivity index (χ4v) is 1.65. The van der Waals surface area contributed by atoms with Crippen LogP contribution in [0.2, 0.25) is 0 Å². The minimum atomic E-state index is -0.500. The molecule has 0 saturated heterocycles. The molecule has 0 aliphatic carbocycles. The third-order valence-corrected chi connectivity index (χ3v) is 2.78. The Morgan fingerprint density at radius 3 is 2.61 bits per heavy atom. The zero-order valence-corrected chi connectivity index (χ0v) is 9.92. The summed E-state index contributed by atoms with van der Waals surface area (Å²) in [6.07, 6.45) is 1.59. The zero-order chi connectivity index (χ0) is 13.1. The van der Waals surface area contributed by atoms with Crippen molar-refractivity contribution in [2.24, 2.45) is 0 Å². The van der Waals surface area contributed by atoms with E-state index < -0.39 is 5.75 Å². The van der Waals surface area contributed by atoms with Crippen molar-refractivity contribution in [2.75, 3.05) is 0 Å². The summed E-state index contributed by atoms with van der Waals surface area (Å²) in [5, 5.41) is 31.4. The quantitative estimate of drug-likeness (QED) is 0.624. The molecule has 5 nitrogen and oxygen atoms in total. The summed E-state index contributed by atoms with van der Waals surface area (Å²) in [5.41, 5.74) is 0.503. The minimum absolute atomic E-state index is 0.0182. The van der Waals surface area contributed by atoms with Crippen LogP contribution in [0.1, 0.15) is 24.3 Å². The highest BCUT2D eigenvalue weighted by atomic mass is 16.3. The summed E-state index contributed by atoms with van der Waals surface area (Å²) in [7, 11) is 0. The van der Waals surface area contributed by atoms with E-state index >= 15 is 0 Å². The van der Waals surface area contributed by atoms with Gasteiger partial charge in [0.1, 0.15) is 5.76 Å². The first-order chi connectivity index (χ1) is 8.59. The Kier molecular flexibility index (Phi) is 3.43. The number of hydrogen-bond acceptors (Lipinski definition) is 5. The standard InChI is InChI=1S/C13H15NO4/c1-8(11-3-2-6-18-11)14-7-9-4-5-10(15)13(17)12(9)16/h2-6,8,14-17H,7H2,1H3. The molecule has 2 aromatic rings. The maximum atomic E-state index is 9.65. The van der Waals surface area contributed by atoms with Gasteiger partial charge in [-0.15, -0.1) is 0 Å². The monoisotopic (exact) mass is 249 g/mol. The topological polar surface area (TPSA) is 85.9 Å². The highest BCUT2D eigenvalue weighted by Gasteiger charge is 2.13. The number of hydrogen-bond donors (Lipinski definition) is 4. The third kappa shape index (κ3) is 2.41. The molecule has 0 saturated carbocycles. The van der Waals surface area contributed by atoms with E-state index in [0.717, 1.165) is 5.76 Å². The van der Waals surface area contributed by atoms with Gasteiger partial charge >= 0.3 is 0 Å². The van der Waals surface area contributed by atoms with Crippen LogP contribution in [0, 0.1) is 0 Å². The highest BCUT2D eigenvalue weighted by molar-refractivity contribution is 5.53. The third-order valence-electron chi connectivity index (χ3n) is 2.78. The molecule has 0 fully saturated rings. The lowest BCUT2D eigenvalue weighted by molar-refractivity contribution is 0.362. The fraction of sp³-hybridized carbons (Fsp3) is 0.231. The summed E-state index contributed by atoms with van der Waals surface area (Å²) in [4.78, 5) is 0. The van der Waals surface area contributed by atoms with Crippen molar-refractivity contribution in [2.45, 2.75) is 19.5 Å². The van der Waals surface area contributed by atoms with Gasteiger partial charge in [0.15, 0.2) is 11.5 Å². The molecular formula is C13H15NO4. The summed E-state index contributed by atoms with van der Waals surface area (Å²) in [5.74, 6) is -0.359. The maximum absolute atomic E-state index is 9.65. The second kappa shape index (κ2) is 5.01. The van der Waals surface area contributed by atoms with Crippen molar-refractivity contribution >= 4 is 0 Å². The largest absolute Gasteiger partial charge is 0.504 e. The zero-order valence-electron chi connectivity index (χ0n) is 9.92. The van der Waals surface area contributed by atoms with Gasteiger partial charge < -0.3 is 25.1 Å². The summed E-state index contributed by atoms with van der Waals surface area (Å²) >= 11 is 0. The molecule has 1 heterocycles. The normalized spacial score (nSPS) is 12.5. The number of aromatic hydroxyl groups is 3. The van der Waals surface area contributed by atoms with Crippen LogP contribution in [-0.2, 0) is 6.54 Å². The van der Waals surface area contributed by atoms with Gasteiger partial charge in [0.2, 0.25) is 5.75 Å². The van der Waals surface area contributed by atoms with Crippen molar-refractivity contribution in [3.05, 3.63) is 41.9 Å². The molecule has 5 heteroatoms. The van der Waals surface area contributed by atoms with Crippen LogP contribution < -0.4 is 5.32 Å². The molecule has 4 N–H and O–H groups in total. The Morgan fingerprint density at radius 1 is 1.17 bits per heavy atom. The van der Waals surface area contributed by atoms with E-state index in [-0.39, 0.29) is 17.5 Å². The van der Waals surface area contributed by atoms with Crippen molar-refractivity contribution in [3.63, 3.8) is 0 Å². The lowest BCUT2D eigenvalue weighted by Crippen LogP contribution is -2.17. The average Bonchev–Trinajstić information content (AvgIpc) is 2.89. The molecule has 0 spiro atoms. The van der Waals surface area contributed by atoms with Crippen LogP contribution in [-0.4, -0.2) is 15.3 Å². The number of furan rings is 1. The van der Waals surface area contributed by atoms with E-state index in [1.54, 1.807) is 18.4 Å². The van der Waals surface area contributed by atoms with Gasteiger partial charge in [-0.2, -0.15) is 0 Å². The smallest absolute Gasteiger partial charge is 0.200 e. The molecule has 1 aromatic carbocycles. The fourth-order valence-electron chi connectivity index (χ4n) is 1.65. The molecule has 1 aromatic heterocycles. The van der Waals surface area contributed by atoms with E-state index in [2.05, 4.69) is 5.32 Å². The van der Waals surface area contributed by atoms with E-state index in [4.69, 9.17) is 4.42 Å². The molecule has 0 aliphatic rings. The first kappa shape index (κ1) is 12.3. The average molecular weight is 249 g/mol. The number of benzene rings is 1. The molecule has 0 bridgehead atoms. The van der Waals surface area contributed by atoms with Crippen LogP contribution in [0.4, 0.5) is 0 Å². The molecule has 0 amide bonds. The number of phenolic OH excluding ortho intramolecular Hbond substituents is 3. The van der Waals surface area contributed by atoms with Gasteiger partial charge in [-0.25, -0.2) is 0 Å². The maximum Gasteiger partial charge on any atom is 0.200 e. The Hall–Kier alpha value is -2.14. The lowest BCUT2D eigenvalue weighted by Gasteiger charge is -2.13. The van der Waals surface area contributed by atoms with Crippen LogP contribution in [0.5, 0.6) is 17.2 Å². The van der Waals surface area contributed by atoms with Crippen molar-refractivity contribution < 1.29 is 19.7 Å². The predicted octanol–water partition coefficient (Wildman–Crippen LogP) is 2.25. The molecule has 0 aliphatic heterocycles. The van der Waals surface area contributed by atoms with Gasteiger partial charge in [0.25, 0.3) is 0 Å². The van der Waals surface area contributed by atoms with E-state index in [0.29, 0.717) is 12.1 Å². The van der Waals surface area contributed by atoms with Crippen LogP contribution in [0.15, 0.2) is 34.9 Å². The van der Waals surface area contributed by atoms with E-state index in [1.807, 2.05) is 13.0 Å². The van der Waals surface area contributed by atoms with E-state index in [9.17, 15) is 15.3 Å². The van der Waals surface area contributed by atoms with Crippen molar-refractivity contribution in [1.29, 1.82) is 0 Å². The summed E-state index contributed by atoms with van der Waals surface area (Å²) in [6, 6.07) is 6.52. The molecule has 18 heavy (non-hydrogen) atoms. The summed E-state index contributed by atoms with van der Waals surface area (Å²) < 4.78 is 5.24. The first-order valence-electron chi connectivity index (χ1n) is 5.59. The van der Waals surface area contributed by atoms with E-state index in [1.165, 1.54) is 6.07 Å². The molecule has 2 rings (SSSR count). The second-order valence-electron chi connectivity index (χ2n) is 4.06. The van der Waals surface area contributed by atoms with Crippen LogP contribution >= 0.6 is 0 Å². The Morgan fingerprint density at radius 2 is 1.94 bits per heavy atom.